The van der Waals surface area contributed by atoms with Crippen LogP contribution in [0.15, 0.2) is 60.9 Å². The van der Waals surface area contributed by atoms with Gasteiger partial charge in [0.1, 0.15) is 17.8 Å². The van der Waals surface area contributed by atoms with Gasteiger partial charge in [0.05, 0.1) is 6.04 Å². The maximum atomic E-state index is 13.2. The molecule has 1 aromatic heterocycles. The van der Waals surface area contributed by atoms with Crippen molar-refractivity contribution in [2.45, 2.75) is 13.0 Å². The van der Waals surface area contributed by atoms with Crippen LogP contribution in [0, 0.1) is 5.82 Å². The lowest BCUT2D eigenvalue weighted by molar-refractivity contribution is 0.624. The molecule has 4 rings (SSSR count). The van der Waals surface area contributed by atoms with Crippen molar-refractivity contribution < 1.29 is 4.39 Å². The number of hydrogen-bond donors (Lipinski definition) is 2. The zero-order valence-corrected chi connectivity index (χ0v) is 16.4. The Balaban J connectivity index is 1.44. The molecule has 29 heavy (non-hydrogen) atoms. The smallest absolute Gasteiger partial charge is 0.157 e. The lowest BCUT2D eigenvalue weighted by atomic mass is 10.1. The predicted molar refractivity (Wildman–Crippen MR) is 116 cm³/mol. The molecule has 2 heterocycles. The second kappa shape index (κ2) is 8.34. The Morgan fingerprint density at radius 3 is 2.28 bits per heavy atom. The third-order valence-corrected chi connectivity index (χ3v) is 5.29. The van der Waals surface area contributed by atoms with Crippen molar-refractivity contribution in [1.82, 2.24) is 9.97 Å². The van der Waals surface area contributed by atoms with E-state index in [4.69, 9.17) is 5.73 Å². The Morgan fingerprint density at radius 2 is 1.59 bits per heavy atom. The van der Waals surface area contributed by atoms with Gasteiger partial charge in [-0.15, -0.1) is 0 Å². The minimum absolute atomic E-state index is 0.0802. The average molecular weight is 392 g/mol. The lowest BCUT2D eigenvalue weighted by Crippen LogP contribution is -2.47. The molecule has 0 amide bonds. The molecule has 1 atom stereocenters. The highest BCUT2D eigenvalue weighted by atomic mass is 19.1. The van der Waals surface area contributed by atoms with Gasteiger partial charge in [-0.1, -0.05) is 30.3 Å². The third-order valence-electron chi connectivity index (χ3n) is 5.29. The van der Waals surface area contributed by atoms with E-state index in [-0.39, 0.29) is 11.9 Å². The zero-order valence-electron chi connectivity index (χ0n) is 16.4. The van der Waals surface area contributed by atoms with Crippen LogP contribution in [0.4, 0.5) is 27.4 Å². The van der Waals surface area contributed by atoms with Crippen molar-refractivity contribution in [2.24, 2.45) is 0 Å². The SMILES string of the molecule is CC(Nc1ncnc(N2CCN(c3ccc(F)cc3)CC2)c1N)c1ccccc1. The van der Waals surface area contributed by atoms with Gasteiger partial charge in [-0.2, -0.15) is 0 Å². The largest absolute Gasteiger partial charge is 0.393 e. The predicted octanol–water partition coefficient (Wildman–Crippen LogP) is 3.70. The second-order valence-electron chi connectivity index (χ2n) is 7.19. The van der Waals surface area contributed by atoms with E-state index in [0.29, 0.717) is 11.5 Å². The molecule has 7 heteroatoms. The Hall–Kier alpha value is -3.35. The van der Waals surface area contributed by atoms with Crippen LogP contribution in [0.2, 0.25) is 0 Å². The fourth-order valence-corrected chi connectivity index (χ4v) is 3.61. The Labute approximate surface area is 170 Å². The van der Waals surface area contributed by atoms with Gasteiger partial charge in [-0.3, -0.25) is 0 Å². The summed E-state index contributed by atoms with van der Waals surface area (Å²) in [6, 6.07) is 16.9. The van der Waals surface area contributed by atoms with Gasteiger partial charge in [0.2, 0.25) is 0 Å². The van der Waals surface area contributed by atoms with Gasteiger partial charge >= 0.3 is 0 Å². The van der Waals surface area contributed by atoms with E-state index in [9.17, 15) is 4.39 Å². The number of piperazine rings is 1. The molecular formula is C22H25FN6. The first-order valence-electron chi connectivity index (χ1n) is 9.79. The summed E-state index contributed by atoms with van der Waals surface area (Å²) in [6.45, 7) is 5.28. The summed E-state index contributed by atoms with van der Waals surface area (Å²) >= 11 is 0. The summed E-state index contributed by atoms with van der Waals surface area (Å²) in [4.78, 5) is 13.2. The molecule has 3 aromatic rings. The molecular weight excluding hydrogens is 367 g/mol. The number of hydrogen-bond acceptors (Lipinski definition) is 6. The number of nitrogens with zero attached hydrogens (tertiary/aromatic N) is 4. The molecule has 0 saturated carbocycles. The summed E-state index contributed by atoms with van der Waals surface area (Å²) < 4.78 is 13.2. The van der Waals surface area contributed by atoms with Gasteiger partial charge in [-0.05, 0) is 36.8 Å². The lowest BCUT2D eigenvalue weighted by Gasteiger charge is -2.37. The monoisotopic (exact) mass is 392 g/mol. The number of nitrogen functional groups attached to an aromatic ring is 1. The van der Waals surface area contributed by atoms with E-state index >= 15 is 0 Å². The second-order valence-corrected chi connectivity index (χ2v) is 7.19. The number of nitrogens with one attached hydrogen (secondary N) is 1. The van der Waals surface area contributed by atoms with Crippen molar-refractivity contribution in [3.63, 3.8) is 0 Å². The maximum Gasteiger partial charge on any atom is 0.157 e. The topological polar surface area (TPSA) is 70.3 Å². The molecule has 0 spiro atoms. The van der Waals surface area contributed by atoms with Crippen LogP contribution in [-0.4, -0.2) is 36.1 Å². The van der Waals surface area contributed by atoms with Gasteiger partial charge in [0.15, 0.2) is 11.6 Å². The average Bonchev–Trinajstić information content (AvgIpc) is 2.76. The van der Waals surface area contributed by atoms with Crippen LogP contribution < -0.4 is 20.9 Å². The molecule has 0 radical (unpaired) electrons. The molecule has 2 aromatic carbocycles. The summed E-state index contributed by atoms with van der Waals surface area (Å²) in [5.41, 5.74) is 9.17. The number of rotatable bonds is 5. The van der Waals surface area contributed by atoms with Gasteiger partial charge < -0.3 is 20.9 Å². The first kappa shape index (κ1) is 19.0. The van der Waals surface area contributed by atoms with Crippen molar-refractivity contribution in [3.8, 4) is 0 Å². The Kier molecular flexibility index (Phi) is 5.46. The minimum Gasteiger partial charge on any atom is -0.393 e. The van der Waals surface area contributed by atoms with Crippen molar-refractivity contribution in [2.75, 3.05) is 47.0 Å². The van der Waals surface area contributed by atoms with Gasteiger partial charge in [-0.25, -0.2) is 14.4 Å². The van der Waals surface area contributed by atoms with Crippen LogP contribution in [0.5, 0.6) is 0 Å². The molecule has 0 aliphatic carbocycles. The van der Waals surface area contributed by atoms with Crippen LogP contribution in [-0.2, 0) is 0 Å². The molecule has 0 bridgehead atoms. The molecule has 1 unspecified atom stereocenters. The highest BCUT2D eigenvalue weighted by Gasteiger charge is 2.22. The minimum atomic E-state index is -0.217. The van der Waals surface area contributed by atoms with Crippen LogP contribution in [0.3, 0.4) is 0 Å². The molecule has 150 valence electrons. The van der Waals surface area contributed by atoms with Crippen molar-refractivity contribution in [1.29, 1.82) is 0 Å². The first-order chi connectivity index (χ1) is 14.1. The summed E-state index contributed by atoms with van der Waals surface area (Å²) in [6.07, 6.45) is 1.55. The van der Waals surface area contributed by atoms with E-state index in [1.54, 1.807) is 6.33 Å². The van der Waals surface area contributed by atoms with Crippen LogP contribution in [0.25, 0.3) is 0 Å². The van der Waals surface area contributed by atoms with E-state index in [2.05, 4.69) is 44.1 Å². The standard InChI is InChI=1S/C22H25FN6/c1-16(17-5-3-2-4-6-17)27-21-20(24)22(26-15-25-21)29-13-11-28(12-14-29)19-9-7-18(23)8-10-19/h2-10,15-16H,11-14,24H2,1H3,(H,25,26,27). The number of aromatic nitrogens is 2. The highest BCUT2D eigenvalue weighted by Crippen LogP contribution is 2.30. The Morgan fingerprint density at radius 1 is 0.931 bits per heavy atom. The Bertz CT molecular complexity index is 939. The number of benzene rings is 2. The van der Waals surface area contributed by atoms with Crippen LogP contribution >= 0.6 is 0 Å². The normalized spacial score (nSPS) is 15.2. The van der Waals surface area contributed by atoms with Crippen LogP contribution in [0.1, 0.15) is 18.5 Å². The van der Waals surface area contributed by atoms with E-state index in [0.717, 1.165) is 37.7 Å². The third kappa shape index (κ3) is 4.23. The van der Waals surface area contributed by atoms with Gasteiger partial charge in [0.25, 0.3) is 0 Å². The first-order valence-corrected chi connectivity index (χ1v) is 9.79. The quantitative estimate of drug-likeness (QED) is 0.690. The van der Waals surface area contributed by atoms with E-state index < -0.39 is 0 Å². The number of anilines is 4. The maximum absolute atomic E-state index is 13.2. The fraction of sp³-hybridized carbons (Fsp3) is 0.273. The summed E-state index contributed by atoms with van der Waals surface area (Å²) in [5.74, 6) is 1.18. The summed E-state index contributed by atoms with van der Waals surface area (Å²) in [5, 5.41) is 3.40. The molecule has 1 aliphatic rings. The number of nitrogens with two attached hydrogens (primary N) is 1. The molecule has 6 nitrogen and oxygen atoms in total. The van der Waals surface area contributed by atoms with Crippen molar-refractivity contribution >= 4 is 23.0 Å². The van der Waals surface area contributed by atoms with Crippen molar-refractivity contribution in [3.05, 3.63) is 72.3 Å². The molecule has 1 saturated heterocycles. The summed E-state index contributed by atoms with van der Waals surface area (Å²) in [7, 11) is 0. The molecule has 1 fully saturated rings. The zero-order chi connectivity index (χ0) is 20.2. The van der Waals surface area contributed by atoms with E-state index in [1.165, 1.54) is 17.7 Å². The van der Waals surface area contributed by atoms with Gasteiger partial charge in [0, 0.05) is 31.9 Å². The number of halogens is 1. The highest BCUT2D eigenvalue weighted by molar-refractivity contribution is 5.75. The van der Waals surface area contributed by atoms with E-state index in [1.807, 2.05) is 30.3 Å². The fourth-order valence-electron chi connectivity index (χ4n) is 3.61. The molecule has 1 aliphatic heterocycles. The molecule has 3 N–H and O–H groups in total.